The standard InChI is InChI=1S/C48H70/c1-5-9-23-41-27-42(24-10-6-2)30-45(29-41,39-19-15-13-16-20-39)37-47(33-41,34-42)48-35-43(25-11-7-3)28-44(36-48,26-12-8-4)32-46(31-43,38-48)40-21-17-14-18-22-40/h13-22H,5-12,23-38H2,1-4H3. The van der Waals surface area contributed by atoms with Crippen LogP contribution in [0.1, 0.15) is 193 Å². The molecule has 2 aromatic carbocycles. The minimum Gasteiger partial charge on any atom is -0.0654 e. The van der Waals surface area contributed by atoms with Gasteiger partial charge in [0.05, 0.1) is 0 Å². The Kier molecular flexibility index (Phi) is 8.40. The fraction of sp³-hybridized carbons (Fsp3) is 0.750. The number of unbranched alkanes of at least 4 members (excludes halogenated alkanes) is 4. The highest BCUT2D eigenvalue weighted by atomic mass is 14.8. The van der Waals surface area contributed by atoms with E-state index < -0.39 is 0 Å². The normalized spacial score (nSPS) is 43.7. The van der Waals surface area contributed by atoms with Crippen LogP contribution in [0.2, 0.25) is 0 Å². The van der Waals surface area contributed by atoms with Gasteiger partial charge in [0.1, 0.15) is 0 Å². The molecule has 0 spiro atoms. The van der Waals surface area contributed by atoms with E-state index >= 15 is 0 Å². The van der Waals surface area contributed by atoms with E-state index in [0.29, 0.717) is 43.3 Å². The van der Waals surface area contributed by atoms with Crippen molar-refractivity contribution in [3.8, 4) is 0 Å². The first-order valence-corrected chi connectivity index (χ1v) is 21.3. The van der Waals surface area contributed by atoms with Gasteiger partial charge in [-0.2, -0.15) is 0 Å². The van der Waals surface area contributed by atoms with Crippen molar-refractivity contribution < 1.29 is 0 Å². The molecule has 0 saturated heterocycles. The Bertz CT molecular complexity index is 1260. The second kappa shape index (κ2) is 12.0. The lowest BCUT2D eigenvalue weighted by Crippen LogP contribution is -2.72. The Morgan fingerprint density at radius 1 is 0.354 bits per heavy atom. The first-order chi connectivity index (χ1) is 23.2. The number of rotatable bonds is 15. The Morgan fingerprint density at radius 2 is 0.646 bits per heavy atom. The van der Waals surface area contributed by atoms with Crippen LogP contribution in [0.15, 0.2) is 60.7 Å². The molecular weight excluding hydrogens is 577 g/mol. The molecule has 8 aliphatic carbocycles. The molecule has 8 bridgehead atoms. The molecule has 0 nitrogen and oxygen atoms in total. The van der Waals surface area contributed by atoms with Gasteiger partial charge in [0.15, 0.2) is 0 Å². The third-order valence-corrected chi connectivity index (χ3v) is 16.7. The first-order valence-electron chi connectivity index (χ1n) is 21.3. The van der Waals surface area contributed by atoms with E-state index in [9.17, 15) is 0 Å². The van der Waals surface area contributed by atoms with E-state index in [2.05, 4.69) is 88.4 Å². The molecule has 0 heterocycles. The van der Waals surface area contributed by atoms with Gasteiger partial charge in [-0.15, -0.1) is 0 Å². The summed E-state index contributed by atoms with van der Waals surface area (Å²) in [7, 11) is 0. The summed E-state index contributed by atoms with van der Waals surface area (Å²) in [5.74, 6) is 0. The number of hydrogen-bond donors (Lipinski definition) is 0. The summed E-state index contributed by atoms with van der Waals surface area (Å²) < 4.78 is 0. The van der Waals surface area contributed by atoms with Crippen molar-refractivity contribution in [2.24, 2.45) is 32.5 Å². The van der Waals surface area contributed by atoms with Gasteiger partial charge in [0.2, 0.25) is 0 Å². The van der Waals surface area contributed by atoms with Gasteiger partial charge in [-0.1, -0.05) is 140 Å². The average Bonchev–Trinajstić information content (AvgIpc) is 3.08. The van der Waals surface area contributed by atoms with E-state index in [1.165, 1.54) is 116 Å². The predicted octanol–water partition coefficient (Wildman–Crippen LogP) is 14.3. The summed E-state index contributed by atoms with van der Waals surface area (Å²) in [6, 6.07) is 24.5. The summed E-state index contributed by atoms with van der Waals surface area (Å²) in [6.45, 7) is 9.86. The molecule has 2 aromatic rings. The zero-order valence-electron chi connectivity index (χ0n) is 31.7. The fourth-order valence-electron chi connectivity index (χ4n) is 16.7. The fourth-order valence-corrected chi connectivity index (χ4v) is 16.7. The highest BCUT2D eigenvalue weighted by Crippen LogP contribution is 2.87. The molecule has 0 aliphatic heterocycles. The molecule has 8 saturated carbocycles. The van der Waals surface area contributed by atoms with E-state index in [0.717, 1.165) is 0 Å². The van der Waals surface area contributed by atoms with Crippen LogP contribution in [-0.2, 0) is 10.8 Å². The minimum absolute atomic E-state index is 0.383. The lowest BCUT2D eigenvalue weighted by Gasteiger charge is -2.81. The van der Waals surface area contributed by atoms with E-state index in [-0.39, 0.29) is 0 Å². The molecule has 4 atom stereocenters. The highest BCUT2D eigenvalue weighted by Gasteiger charge is 2.77. The molecular formula is C48H70. The quantitative estimate of drug-likeness (QED) is 0.181. The van der Waals surface area contributed by atoms with Crippen molar-refractivity contribution in [3.63, 3.8) is 0 Å². The Labute approximate surface area is 296 Å². The maximum absolute atomic E-state index is 2.60. The van der Waals surface area contributed by atoms with Gasteiger partial charge in [0, 0.05) is 0 Å². The smallest absolute Gasteiger partial charge is 0.00309 e. The van der Waals surface area contributed by atoms with Crippen LogP contribution in [0.4, 0.5) is 0 Å². The predicted molar refractivity (Wildman–Crippen MR) is 204 cm³/mol. The summed E-state index contributed by atoms with van der Waals surface area (Å²) in [5, 5.41) is 0. The van der Waals surface area contributed by atoms with Gasteiger partial charge in [-0.05, 0) is 157 Å². The highest BCUT2D eigenvalue weighted by molar-refractivity contribution is 5.39. The van der Waals surface area contributed by atoms with Gasteiger partial charge in [0.25, 0.3) is 0 Å². The largest absolute Gasteiger partial charge is 0.0654 e. The Balaban J connectivity index is 1.34. The maximum Gasteiger partial charge on any atom is -0.00309 e. The molecule has 4 unspecified atom stereocenters. The Hall–Kier alpha value is -1.56. The molecule has 0 N–H and O–H groups in total. The molecule has 0 amide bonds. The lowest BCUT2D eigenvalue weighted by atomic mass is 9.23. The molecule has 8 aliphatic rings. The molecule has 0 heteroatoms. The van der Waals surface area contributed by atoms with Crippen LogP contribution in [0.3, 0.4) is 0 Å². The van der Waals surface area contributed by atoms with Gasteiger partial charge in [-0.3, -0.25) is 0 Å². The minimum atomic E-state index is 0.383. The zero-order valence-corrected chi connectivity index (χ0v) is 31.7. The topological polar surface area (TPSA) is 0 Å². The second-order valence-corrected chi connectivity index (χ2v) is 20.4. The van der Waals surface area contributed by atoms with E-state index in [1.54, 1.807) is 49.7 Å². The number of benzene rings is 2. The summed E-state index contributed by atoms with van der Waals surface area (Å²) in [5.41, 5.74) is 7.41. The summed E-state index contributed by atoms with van der Waals surface area (Å²) in [4.78, 5) is 0. The van der Waals surface area contributed by atoms with Gasteiger partial charge < -0.3 is 0 Å². The van der Waals surface area contributed by atoms with Crippen molar-refractivity contribution in [1.29, 1.82) is 0 Å². The van der Waals surface area contributed by atoms with Crippen LogP contribution in [0.25, 0.3) is 0 Å². The summed E-state index contributed by atoms with van der Waals surface area (Å²) in [6.07, 6.45) is 35.5. The van der Waals surface area contributed by atoms with Crippen LogP contribution >= 0.6 is 0 Å². The van der Waals surface area contributed by atoms with Crippen LogP contribution < -0.4 is 0 Å². The van der Waals surface area contributed by atoms with Crippen molar-refractivity contribution >= 4 is 0 Å². The van der Waals surface area contributed by atoms with Crippen molar-refractivity contribution in [2.45, 2.75) is 193 Å². The SMILES string of the molecule is CCCCC12CC3(CCCC)CC(c4ccccc4)(C1)CC(C14CC5(CCCC)CC(CCCC)(CC(c6ccccc6)(C5)C1)C4)(C2)C3. The Morgan fingerprint density at radius 3 is 0.917 bits per heavy atom. The summed E-state index contributed by atoms with van der Waals surface area (Å²) >= 11 is 0. The maximum atomic E-state index is 2.60. The van der Waals surface area contributed by atoms with Gasteiger partial charge in [-0.25, -0.2) is 0 Å². The molecule has 0 aromatic heterocycles. The van der Waals surface area contributed by atoms with Crippen molar-refractivity contribution in [1.82, 2.24) is 0 Å². The monoisotopic (exact) mass is 647 g/mol. The molecule has 0 radical (unpaired) electrons. The molecule has 48 heavy (non-hydrogen) atoms. The molecule has 10 rings (SSSR count). The van der Waals surface area contributed by atoms with Crippen molar-refractivity contribution in [2.75, 3.05) is 0 Å². The molecule has 8 fully saturated rings. The van der Waals surface area contributed by atoms with Crippen LogP contribution in [0.5, 0.6) is 0 Å². The zero-order chi connectivity index (χ0) is 33.2. The van der Waals surface area contributed by atoms with Crippen LogP contribution in [0, 0.1) is 32.5 Å². The van der Waals surface area contributed by atoms with E-state index in [1.807, 2.05) is 0 Å². The third kappa shape index (κ3) is 5.16. The number of hydrogen-bond acceptors (Lipinski definition) is 0. The molecule has 262 valence electrons. The van der Waals surface area contributed by atoms with Crippen LogP contribution in [-0.4, -0.2) is 0 Å². The average molecular weight is 647 g/mol. The van der Waals surface area contributed by atoms with Gasteiger partial charge >= 0.3 is 0 Å². The first kappa shape index (κ1) is 33.6. The second-order valence-electron chi connectivity index (χ2n) is 20.4. The lowest BCUT2D eigenvalue weighted by molar-refractivity contribution is -0.288. The third-order valence-electron chi connectivity index (χ3n) is 16.7. The van der Waals surface area contributed by atoms with Crippen molar-refractivity contribution in [3.05, 3.63) is 71.8 Å². The van der Waals surface area contributed by atoms with E-state index in [4.69, 9.17) is 0 Å².